The highest BCUT2D eigenvalue weighted by molar-refractivity contribution is 7.07. The molecule has 3 nitrogen and oxygen atoms in total. The predicted molar refractivity (Wildman–Crippen MR) is 80.4 cm³/mol. The summed E-state index contributed by atoms with van der Waals surface area (Å²) in [5.41, 5.74) is 4.63. The minimum absolute atomic E-state index is 0.323. The fourth-order valence-electron chi connectivity index (χ4n) is 2.01. The van der Waals surface area contributed by atoms with Crippen LogP contribution >= 0.6 is 11.3 Å². The van der Waals surface area contributed by atoms with Crippen molar-refractivity contribution in [2.75, 3.05) is 5.32 Å². The topological polar surface area (TPSA) is 40.7 Å². The van der Waals surface area contributed by atoms with E-state index in [2.05, 4.69) is 63.3 Å². The van der Waals surface area contributed by atoms with Crippen molar-refractivity contribution in [2.24, 2.45) is 0 Å². The van der Waals surface area contributed by atoms with Gasteiger partial charge >= 0.3 is 0 Å². The number of hydrogen-bond acceptors (Lipinski definition) is 3. The van der Waals surface area contributed by atoms with Crippen molar-refractivity contribution in [3.63, 3.8) is 0 Å². The lowest BCUT2D eigenvalue weighted by atomic mass is 10.1. The Morgan fingerprint density at radius 3 is 2.68 bits per heavy atom. The van der Waals surface area contributed by atoms with Gasteiger partial charge in [-0.2, -0.15) is 11.3 Å². The standard InChI is InChI=1S/C15H15N3S/c1-11(13-6-7-19-9-13)18-14-4-2-12(3-5-14)15-8-16-10-17-15/h2-11,18H,1H3,(H,16,17). The Morgan fingerprint density at radius 2 is 2.05 bits per heavy atom. The number of hydrogen-bond donors (Lipinski definition) is 2. The Morgan fingerprint density at radius 1 is 1.21 bits per heavy atom. The van der Waals surface area contributed by atoms with E-state index in [9.17, 15) is 0 Å². The third kappa shape index (κ3) is 2.69. The van der Waals surface area contributed by atoms with Crippen molar-refractivity contribution in [3.05, 3.63) is 59.2 Å². The van der Waals surface area contributed by atoms with E-state index in [0.29, 0.717) is 6.04 Å². The quantitative estimate of drug-likeness (QED) is 0.741. The van der Waals surface area contributed by atoms with E-state index in [-0.39, 0.29) is 0 Å². The molecular formula is C15H15N3S. The summed E-state index contributed by atoms with van der Waals surface area (Å²) in [6.45, 7) is 2.17. The lowest BCUT2D eigenvalue weighted by Gasteiger charge is -2.14. The Kier molecular flexibility index (Phi) is 3.33. The van der Waals surface area contributed by atoms with Crippen LogP contribution in [0.1, 0.15) is 18.5 Å². The maximum absolute atomic E-state index is 4.03. The van der Waals surface area contributed by atoms with E-state index in [0.717, 1.165) is 16.9 Å². The number of imidazole rings is 1. The summed E-state index contributed by atoms with van der Waals surface area (Å²) >= 11 is 1.73. The molecule has 19 heavy (non-hydrogen) atoms. The van der Waals surface area contributed by atoms with E-state index < -0.39 is 0 Å². The zero-order valence-corrected chi connectivity index (χ0v) is 11.4. The Hall–Kier alpha value is -2.07. The molecule has 2 heterocycles. The fourth-order valence-corrected chi connectivity index (χ4v) is 2.77. The molecule has 0 bridgehead atoms. The van der Waals surface area contributed by atoms with Crippen molar-refractivity contribution >= 4 is 17.0 Å². The van der Waals surface area contributed by atoms with E-state index in [4.69, 9.17) is 0 Å². The molecule has 3 rings (SSSR count). The largest absolute Gasteiger partial charge is 0.378 e. The minimum Gasteiger partial charge on any atom is -0.378 e. The second-order valence-electron chi connectivity index (χ2n) is 4.47. The van der Waals surface area contributed by atoms with Gasteiger partial charge in [-0.25, -0.2) is 4.98 Å². The summed E-state index contributed by atoms with van der Waals surface area (Å²) in [4.78, 5) is 7.14. The molecular weight excluding hydrogens is 254 g/mol. The highest BCUT2D eigenvalue weighted by Crippen LogP contribution is 2.23. The van der Waals surface area contributed by atoms with Gasteiger partial charge in [0.1, 0.15) is 0 Å². The third-order valence-electron chi connectivity index (χ3n) is 3.12. The summed E-state index contributed by atoms with van der Waals surface area (Å²) in [7, 11) is 0. The molecule has 2 N–H and O–H groups in total. The molecule has 0 aliphatic rings. The van der Waals surface area contributed by atoms with Crippen LogP contribution < -0.4 is 5.32 Å². The van der Waals surface area contributed by atoms with E-state index in [1.165, 1.54) is 5.56 Å². The number of H-pyrrole nitrogens is 1. The number of nitrogens with zero attached hydrogens (tertiary/aromatic N) is 1. The zero-order valence-electron chi connectivity index (χ0n) is 10.6. The molecule has 96 valence electrons. The second-order valence-corrected chi connectivity index (χ2v) is 5.25. The summed E-state index contributed by atoms with van der Waals surface area (Å²) in [6.07, 6.45) is 3.52. The monoisotopic (exact) mass is 269 g/mol. The number of nitrogens with one attached hydrogen (secondary N) is 2. The Labute approximate surface area is 116 Å². The third-order valence-corrected chi connectivity index (χ3v) is 3.82. The van der Waals surface area contributed by atoms with Crippen LogP contribution in [0, 0.1) is 0 Å². The number of rotatable bonds is 4. The summed E-state index contributed by atoms with van der Waals surface area (Å²) < 4.78 is 0. The van der Waals surface area contributed by atoms with Crippen molar-refractivity contribution in [1.82, 2.24) is 9.97 Å². The summed E-state index contributed by atoms with van der Waals surface area (Å²) in [6, 6.07) is 10.9. The molecule has 1 atom stereocenters. The molecule has 4 heteroatoms. The Bertz CT molecular complexity index is 612. The molecule has 0 radical (unpaired) electrons. The number of benzene rings is 1. The summed E-state index contributed by atoms with van der Waals surface area (Å²) in [5, 5.41) is 7.78. The first kappa shape index (κ1) is 12.0. The number of anilines is 1. The van der Waals surface area contributed by atoms with Gasteiger partial charge in [0.25, 0.3) is 0 Å². The van der Waals surface area contributed by atoms with Crippen molar-refractivity contribution in [1.29, 1.82) is 0 Å². The van der Waals surface area contributed by atoms with Gasteiger partial charge in [0.05, 0.1) is 18.2 Å². The Balaban J connectivity index is 1.73. The van der Waals surface area contributed by atoms with Crippen LogP contribution in [0.25, 0.3) is 11.3 Å². The molecule has 0 fully saturated rings. The van der Waals surface area contributed by atoms with Crippen LogP contribution in [0.15, 0.2) is 53.6 Å². The van der Waals surface area contributed by atoms with Gasteiger partial charge < -0.3 is 10.3 Å². The maximum Gasteiger partial charge on any atom is 0.0924 e. The van der Waals surface area contributed by atoms with Gasteiger partial charge in [-0.05, 0) is 47.0 Å². The molecule has 1 aromatic carbocycles. The van der Waals surface area contributed by atoms with Crippen LogP contribution in [0.4, 0.5) is 5.69 Å². The van der Waals surface area contributed by atoms with Crippen molar-refractivity contribution in [3.8, 4) is 11.3 Å². The molecule has 0 aliphatic carbocycles. The average Bonchev–Trinajstić information content (AvgIpc) is 3.13. The van der Waals surface area contributed by atoms with E-state index in [1.807, 2.05) is 6.20 Å². The normalized spacial score (nSPS) is 12.3. The van der Waals surface area contributed by atoms with Gasteiger partial charge in [-0.15, -0.1) is 0 Å². The maximum atomic E-state index is 4.03. The number of aromatic nitrogens is 2. The highest BCUT2D eigenvalue weighted by atomic mass is 32.1. The van der Waals surface area contributed by atoms with Gasteiger partial charge in [-0.1, -0.05) is 12.1 Å². The van der Waals surface area contributed by atoms with Crippen molar-refractivity contribution < 1.29 is 0 Å². The number of thiophene rings is 1. The van der Waals surface area contributed by atoms with Crippen LogP contribution in [0.3, 0.4) is 0 Å². The first-order valence-electron chi connectivity index (χ1n) is 6.20. The van der Waals surface area contributed by atoms with Crippen LogP contribution in [-0.4, -0.2) is 9.97 Å². The first-order valence-corrected chi connectivity index (χ1v) is 7.14. The first-order chi connectivity index (χ1) is 9.33. The van der Waals surface area contributed by atoms with Crippen LogP contribution in [0.5, 0.6) is 0 Å². The van der Waals surface area contributed by atoms with Gasteiger partial charge in [0, 0.05) is 11.7 Å². The minimum atomic E-state index is 0.323. The van der Waals surface area contributed by atoms with Gasteiger partial charge in [0.15, 0.2) is 0 Å². The SMILES string of the molecule is CC(Nc1ccc(-c2cnc[nH]2)cc1)c1ccsc1. The molecule has 1 unspecified atom stereocenters. The second kappa shape index (κ2) is 5.28. The lowest BCUT2D eigenvalue weighted by Crippen LogP contribution is -2.05. The molecule has 0 spiro atoms. The average molecular weight is 269 g/mol. The predicted octanol–water partition coefficient (Wildman–Crippen LogP) is 4.31. The van der Waals surface area contributed by atoms with Gasteiger partial charge in [0.2, 0.25) is 0 Å². The van der Waals surface area contributed by atoms with Gasteiger partial charge in [-0.3, -0.25) is 0 Å². The van der Waals surface area contributed by atoms with Crippen LogP contribution in [-0.2, 0) is 0 Å². The number of aromatic amines is 1. The molecule has 0 amide bonds. The molecule has 0 aliphatic heterocycles. The smallest absolute Gasteiger partial charge is 0.0924 e. The molecule has 2 aromatic heterocycles. The molecule has 3 aromatic rings. The van der Waals surface area contributed by atoms with E-state index >= 15 is 0 Å². The fraction of sp³-hybridized carbons (Fsp3) is 0.133. The van der Waals surface area contributed by atoms with Crippen molar-refractivity contribution in [2.45, 2.75) is 13.0 Å². The lowest BCUT2D eigenvalue weighted by molar-refractivity contribution is 0.891. The summed E-state index contributed by atoms with van der Waals surface area (Å²) in [5.74, 6) is 0. The van der Waals surface area contributed by atoms with Crippen LogP contribution in [0.2, 0.25) is 0 Å². The highest BCUT2D eigenvalue weighted by Gasteiger charge is 2.05. The molecule has 0 saturated carbocycles. The molecule has 0 saturated heterocycles. The van der Waals surface area contributed by atoms with E-state index in [1.54, 1.807) is 17.7 Å². The zero-order chi connectivity index (χ0) is 13.1.